The van der Waals surface area contributed by atoms with Gasteiger partial charge in [0.05, 0.1) is 27.0 Å². The molecule has 1 aliphatic heterocycles. The molecule has 2 aromatic heterocycles. The van der Waals surface area contributed by atoms with Crippen LogP contribution in [0.15, 0.2) is 29.8 Å². The van der Waals surface area contributed by atoms with E-state index < -0.39 is 0 Å². The minimum atomic E-state index is -0.178. The topological polar surface area (TPSA) is 102 Å². The zero-order chi connectivity index (χ0) is 22.5. The number of anilines is 1. The van der Waals surface area contributed by atoms with Gasteiger partial charge in [0.25, 0.3) is 5.91 Å². The van der Waals surface area contributed by atoms with Gasteiger partial charge in [0.1, 0.15) is 5.69 Å². The van der Waals surface area contributed by atoms with Crippen LogP contribution in [-0.2, 0) is 0 Å². The zero-order valence-corrected chi connectivity index (χ0v) is 19.2. The van der Waals surface area contributed by atoms with Gasteiger partial charge in [-0.1, -0.05) is 0 Å². The van der Waals surface area contributed by atoms with Gasteiger partial charge < -0.3 is 24.4 Å². The number of piperidine rings is 1. The molecule has 0 radical (unpaired) electrons. The summed E-state index contributed by atoms with van der Waals surface area (Å²) < 4.78 is 16.2. The first-order valence-electron chi connectivity index (χ1n) is 10.4. The highest BCUT2D eigenvalue weighted by Crippen LogP contribution is 2.40. The van der Waals surface area contributed by atoms with Crippen LogP contribution in [0.25, 0.3) is 11.3 Å². The number of aromatic nitrogens is 3. The number of nitrogens with zero attached hydrogens (tertiary/aromatic N) is 3. The van der Waals surface area contributed by atoms with Gasteiger partial charge in [0.15, 0.2) is 16.6 Å². The third-order valence-electron chi connectivity index (χ3n) is 5.54. The molecule has 0 spiro atoms. The number of methoxy groups -OCH3 is 3. The predicted octanol–water partition coefficient (Wildman–Crippen LogP) is 3.21. The van der Waals surface area contributed by atoms with Gasteiger partial charge in [0, 0.05) is 36.8 Å². The summed E-state index contributed by atoms with van der Waals surface area (Å²) in [6.07, 6.45) is 4.01. The molecule has 32 heavy (non-hydrogen) atoms. The van der Waals surface area contributed by atoms with E-state index in [1.807, 2.05) is 11.6 Å². The summed E-state index contributed by atoms with van der Waals surface area (Å²) in [6, 6.07) is 5.32. The minimum Gasteiger partial charge on any atom is -0.493 e. The highest BCUT2D eigenvalue weighted by atomic mass is 32.1. The normalized spacial score (nSPS) is 16.0. The molecule has 10 heteroatoms. The average Bonchev–Trinajstić information content (AvgIpc) is 3.54. The number of hydrogen-bond donors (Lipinski definition) is 2. The van der Waals surface area contributed by atoms with Crippen molar-refractivity contribution in [3.05, 3.63) is 35.5 Å². The van der Waals surface area contributed by atoms with Crippen LogP contribution in [0.3, 0.4) is 0 Å². The fourth-order valence-electron chi connectivity index (χ4n) is 3.92. The molecule has 170 valence electrons. The SMILES string of the molecule is COc1cc(-c2cc(C(=O)NCC3CCCN(c4nccs4)C3)[nH]n2)cc(OC)c1OC. The standard InChI is InChI=1S/C22H27N5O4S/c1-29-18-9-15(10-19(30-2)20(18)31-3)16-11-17(26-25-16)21(28)24-12-14-5-4-7-27(13-14)22-23-6-8-32-22/h6,8-11,14H,4-5,7,12-13H2,1-3H3,(H,24,28)(H,25,26). The van der Waals surface area contributed by atoms with E-state index in [1.165, 1.54) is 0 Å². The van der Waals surface area contributed by atoms with Crippen molar-refractivity contribution < 1.29 is 19.0 Å². The Labute approximate surface area is 190 Å². The van der Waals surface area contributed by atoms with E-state index in [9.17, 15) is 4.79 Å². The van der Waals surface area contributed by atoms with Gasteiger partial charge in [-0.05, 0) is 37.0 Å². The maximum absolute atomic E-state index is 12.7. The van der Waals surface area contributed by atoms with Crippen molar-refractivity contribution in [2.45, 2.75) is 12.8 Å². The van der Waals surface area contributed by atoms with Crippen LogP contribution in [-0.4, -0.2) is 62.1 Å². The Morgan fingerprint density at radius 2 is 2.00 bits per heavy atom. The van der Waals surface area contributed by atoms with E-state index in [4.69, 9.17) is 14.2 Å². The fraction of sp³-hybridized carbons (Fsp3) is 0.409. The van der Waals surface area contributed by atoms with E-state index in [0.29, 0.717) is 41.1 Å². The van der Waals surface area contributed by atoms with Gasteiger partial charge in [-0.2, -0.15) is 5.10 Å². The molecule has 1 aromatic carbocycles. The third-order valence-corrected chi connectivity index (χ3v) is 6.38. The number of nitrogens with one attached hydrogen (secondary N) is 2. The summed E-state index contributed by atoms with van der Waals surface area (Å²) in [7, 11) is 4.68. The lowest BCUT2D eigenvalue weighted by Gasteiger charge is -2.32. The van der Waals surface area contributed by atoms with Gasteiger partial charge in [-0.25, -0.2) is 4.98 Å². The Balaban J connectivity index is 1.41. The Morgan fingerprint density at radius 3 is 2.66 bits per heavy atom. The van der Waals surface area contributed by atoms with E-state index in [1.54, 1.807) is 50.9 Å². The van der Waals surface area contributed by atoms with Crippen molar-refractivity contribution in [1.29, 1.82) is 0 Å². The van der Waals surface area contributed by atoms with Crippen LogP contribution < -0.4 is 24.4 Å². The molecule has 1 unspecified atom stereocenters. The summed E-state index contributed by atoms with van der Waals surface area (Å²) in [6.45, 7) is 2.52. The molecule has 1 amide bonds. The number of carbonyl (C=O) groups excluding carboxylic acids is 1. The number of ether oxygens (including phenoxy) is 3. The molecule has 1 aliphatic rings. The lowest BCUT2D eigenvalue weighted by atomic mass is 9.98. The van der Waals surface area contributed by atoms with E-state index >= 15 is 0 Å². The molecule has 9 nitrogen and oxygen atoms in total. The summed E-state index contributed by atoms with van der Waals surface area (Å²) in [5, 5.41) is 13.2. The molecule has 0 saturated carbocycles. The summed E-state index contributed by atoms with van der Waals surface area (Å²) in [5.74, 6) is 1.76. The Kier molecular flexibility index (Phi) is 6.79. The number of thiazole rings is 1. The van der Waals surface area contributed by atoms with E-state index in [2.05, 4.69) is 25.4 Å². The smallest absolute Gasteiger partial charge is 0.269 e. The first-order chi connectivity index (χ1) is 15.6. The number of benzene rings is 1. The second kappa shape index (κ2) is 9.90. The number of amides is 1. The van der Waals surface area contributed by atoms with Gasteiger partial charge in [-0.15, -0.1) is 11.3 Å². The number of rotatable bonds is 8. The van der Waals surface area contributed by atoms with Gasteiger partial charge in [-0.3, -0.25) is 9.89 Å². The number of carbonyl (C=O) groups is 1. The highest BCUT2D eigenvalue weighted by molar-refractivity contribution is 7.13. The summed E-state index contributed by atoms with van der Waals surface area (Å²) in [4.78, 5) is 19.4. The molecule has 1 atom stereocenters. The Bertz CT molecular complexity index is 1030. The average molecular weight is 458 g/mol. The highest BCUT2D eigenvalue weighted by Gasteiger charge is 2.23. The van der Waals surface area contributed by atoms with Crippen LogP contribution in [0.5, 0.6) is 17.2 Å². The van der Waals surface area contributed by atoms with Crippen molar-refractivity contribution >= 4 is 22.4 Å². The van der Waals surface area contributed by atoms with Crippen LogP contribution in [0.1, 0.15) is 23.3 Å². The second-order valence-electron chi connectivity index (χ2n) is 7.56. The largest absolute Gasteiger partial charge is 0.493 e. The molecule has 3 heterocycles. The zero-order valence-electron chi connectivity index (χ0n) is 18.4. The monoisotopic (exact) mass is 457 g/mol. The molecular formula is C22H27N5O4S. The first-order valence-corrected chi connectivity index (χ1v) is 11.3. The van der Waals surface area contributed by atoms with Crippen LogP contribution in [0, 0.1) is 5.92 Å². The van der Waals surface area contributed by atoms with Crippen LogP contribution in [0.2, 0.25) is 0 Å². The van der Waals surface area contributed by atoms with E-state index in [-0.39, 0.29) is 5.91 Å². The maximum atomic E-state index is 12.7. The quantitative estimate of drug-likeness (QED) is 0.536. The van der Waals surface area contributed by atoms with Crippen molar-refractivity contribution in [2.24, 2.45) is 5.92 Å². The number of aromatic amines is 1. The molecule has 1 fully saturated rings. The third kappa shape index (κ3) is 4.64. The summed E-state index contributed by atoms with van der Waals surface area (Å²) in [5.41, 5.74) is 1.77. The van der Waals surface area contributed by atoms with Gasteiger partial charge >= 0.3 is 0 Å². The molecular weight excluding hydrogens is 430 g/mol. The molecule has 1 saturated heterocycles. The van der Waals surface area contributed by atoms with Crippen LogP contribution in [0.4, 0.5) is 5.13 Å². The molecule has 0 bridgehead atoms. The second-order valence-corrected chi connectivity index (χ2v) is 8.43. The van der Waals surface area contributed by atoms with Crippen molar-refractivity contribution in [3.8, 4) is 28.5 Å². The minimum absolute atomic E-state index is 0.178. The van der Waals surface area contributed by atoms with Crippen molar-refractivity contribution in [1.82, 2.24) is 20.5 Å². The molecule has 0 aliphatic carbocycles. The van der Waals surface area contributed by atoms with E-state index in [0.717, 1.165) is 36.6 Å². The maximum Gasteiger partial charge on any atom is 0.269 e. The Hall–Kier alpha value is -3.27. The van der Waals surface area contributed by atoms with Crippen molar-refractivity contribution in [3.63, 3.8) is 0 Å². The molecule has 4 rings (SSSR count). The lowest BCUT2D eigenvalue weighted by Crippen LogP contribution is -2.41. The van der Waals surface area contributed by atoms with Crippen LogP contribution >= 0.6 is 11.3 Å². The number of H-pyrrole nitrogens is 1. The molecule has 2 N–H and O–H groups in total. The molecule has 3 aromatic rings. The van der Waals surface area contributed by atoms with Crippen molar-refractivity contribution in [2.75, 3.05) is 45.9 Å². The Morgan fingerprint density at radius 1 is 1.22 bits per heavy atom. The first kappa shape index (κ1) is 21.9. The van der Waals surface area contributed by atoms with Gasteiger partial charge in [0.2, 0.25) is 5.75 Å². The predicted molar refractivity (Wildman–Crippen MR) is 123 cm³/mol. The number of hydrogen-bond acceptors (Lipinski definition) is 8. The summed E-state index contributed by atoms with van der Waals surface area (Å²) >= 11 is 1.65. The lowest BCUT2D eigenvalue weighted by molar-refractivity contribution is 0.0940. The fourth-order valence-corrected chi connectivity index (χ4v) is 4.60.